The summed E-state index contributed by atoms with van der Waals surface area (Å²) in [6, 6.07) is 5.46. The first-order valence-electron chi connectivity index (χ1n) is 3.21. The second-order valence-electron chi connectivity index (χ2n) is 2.30. The molecule has 0 unspecified atom stereocenters. The van der Waals surface area contributed by atoms with Crippen LogP contribution in [0.2, 0.25) is 0 Å². The normalized spacial score (nSPS) is 13.6. The third kappa shape index (κ3) is 0.620. The first-order chi connectivity index (χ1) is 4.88. The zero-order valence-electron chi connectivity index (χ0n) is 5.41. The molecule has 1 aliphatic heterocycles. The lowest BCUT2D eigenvalue weighted by Crippen LogP contribution is -1.76. The Balaban J connectivity index is 2.67. The summed E-state index contributed by atoms with van der Waals surface area (Å²) in [5, 5.41) is 9.22. The van der Waals surface area contributed by atoms with E-state index in [2.05, 4.69) is 4.99 Å². The molecule has 0 radical (unpaired) electrons. The molecule has 1 aromatic carbocycles. The average molecular weight is 133 g/mol. The second kappa shape index (κ2) is 1.84. The van der Waals surface area contributed by atoms with Crippen LogP contribution in [0.1, 0.15) is 5.56 Å². The van der Waals surface area contributed by atoms with E-state index in [1.807, 2.05) is 18.3 Å². The van der Waals surface area contributed by atoms with Crippen LogP contribution in [0.25, 0.3) is 0 Å². The Morgan fingerprint density at radius 2 is 2.30 bits per heavy atom. The van der Waals surface area contributed by atoms with Crippen molar-refractivity contribution in [1.29, 1.82) is 0 Å². The zero-order chi connectivity index (χ0) is 6.97. The standard InChI is InChI=1S/C8H7NO/c10-7-3-1-2-6-4-5-9-8(6)7/h1-3,5,10H,4H2. The molecule has 0 saturated carbocycles. The molecule has 0 amide bonds. The number of aromatic hydroxyl groups is 1. The van der Waals surface area contributed by atoms with Crippen LogP contribution in [0.4, 0.5) is 5.69 Å². The number of hydrogen-bond donors (Lipinski definition) is 1. The smallest absolute Gasteiger partial charge is 0.141 e. The largest absolute Gasteiger partial charge is 0.506 e. The number of phenolic OH excluding ortho intramolecular Hbond substituents is 1. The minimum Gasteiger partial charge on any atom is -0.506 e. The van der Waals surface area contributed by atoms with Crippen molar-refractivity contribution in [1.82, 2.24) is 0 Å². The molecular formula is C8H7NO. The van der Waals surface area contributed by atoms with Gasteiger partial charge in [0.05, 0.1) is 0 Å². The van der Waals surface area contributed by atoms with E-state index >= 15 is 0 Å². The van der Waals surface area contributed by atoms with Crippen molar-refractivity contribution in [2.24, 2.45) is 4.99 Å². The average Bonchev–Trinajstić information content (AvgIpc) is 2.36. The molecule has 2 rings (SSSR count). The van der Waals surface area contributed by atoms with E-state index in [1.54, 1.807) is 6.07 Å². The fourth-order valence-electron chi connectivity index (χ4n) is 1.13. The molecule has 1 N–H and O–H groups in total. The zero-order valence-corrected chi connectivity index (χ0v) is 5.41. The van der Waals surface area contributed by atoms with E-state index in [0.717, 1.165) is 17.7 Å². The second-order valence-corrected chi connectivity index (χ2v) is 2.30. The monoisotopic (exact) mass is 133 g/mol. The number of fused-ring (bicyclic) bond motifs is 1. The summed E-state index contributed by atoms with van der Waals surface area (Å²) in [6.45, 7) is 0. The molecule has 0 aliphatic carbocycles. The Bertz CT molecular complexity index is 291. The third-order valence-corrected chi connectivity index (χ3v) is 1.63. The quantitative estimate of drug-likeness (QED) is 0.573. The summed E-state index contributed by atoms with van der Waals surface area (Å²) in [5.41, 5.74) is 1.85. The molecule has 0 atom stereocenters. The molecule has 0 saturated heterocycles. The molecular weight excluding hydrogens is 126 g/mol. The van der Waals surface area contributed by atoms with Crippen molar-refractivity contribution >= 4 is 11.9 Å². The molecule has 2 nitrogen and oxygen atoms in total. The third-order valence-electron chi connectivity index (χ3n) is 1.63. The topological polar surface area (TPSA) is 32.6 Å². The van der Waals surface area contributed by atoms with Crippen LogP contribution in [0.3, 0.4) is 0 Å². The van der Waals surface area contributed by atoms with Gasteiger partial charge in [-0.05, 0) is 11.6 Å². The molecule has 0 bridgehead atoms. The van der Waals surface area contributed by atoms with Gasteiger partial charge in [0.25, 0.3) is 0 Å². The highest BCUT2D eigenvalue weighted by molar-refractivity contribution is 5.78. The predicted molar refractivity (Wildman–Crippen MR) is 40.0 cm³/mol. The molecule has 2 heteroatoms. The number of hydrogen-bond acceptors (Lipinski definition) is 2. The lowest BCUT2D eigenvalue weighted by molar-refractivity contribution is 0.477. The molecule has 10 heavy (non-hydrogen) atoms. The van der Waals surface area contributed by atoms with E-state index < -0.39 is 0 Å². The summed E-state index contributed by atoms with van der Waals surface area (Å²) in [7, 11) is 0. The highest BCUT2D eigenvalue weighted by atomic mass is 16.3. The van der Waals surface area contributed by atoms with E-state index in [4.69, 9.17) is 0 Å². The maximum Gasteiger partial charge on any atom is 0.141 e. The summed E-state index contributed by atoms with van der Waals surface area (Å²) < 4.78 is 0. The van der Waals surface area contributed by atoms with E-state index in [-0.39, 0.29) is 5.75 Å². The number of nitrogens with zero attached hydrogens (tertiary/aromatic N) is 1. The fourth-order valence-corrected chi connectivity index (χ4v) is 1.13. The van der Waals surface area contributed by atoms with Gasteiger partial charge in [-0.25, -0.2) is 0 Å². The molecule has 0 fully saturated rings. The lowest BCUT2D eigenvalue weighted by atomic mass is 10.1. The van der Waals surface area contributed by atoms with Gasteiger partial charge < -0.3 is 5.11 Å². The fraction of sp³-hybridized carbons (Fsp3) is 0.125. The van der Waals surface area contributed by atoms with Crippen LogP contribution in [-0.2, 0) is 6.42 Å². The predicted octanol–water partition coefficient (Wildman–Crippen LogP) is 1.65. The van der Waals surface area contributed by atoms with Crippen molar-refractivity contribution in [3.8, 4) is 5.75 Å². The van der Waals surface area contributed by atoms with Gasteiger partial charge in [-0.2, -0.15) is 0 Å². The van der Waals surface area contributed by atoms with Gasteiger partial charge in [0.2, 0.25) is 0 Å². The van der Waals surface area contributed by atoms with E-state index in [9.17, 15) is 5.11 Å². The number of rotatable bonds is 0. The first-order valence-corrected chi connectivity index (χ1v) is 3.21. The number of para-hydroxylation sites is 1. The lowest BCUT2D eigenvalue weighted by Gasteiger charge is -1.97. The number of phenols is 1. The minimum absolute atomic E-state index is 0.284. The van der Waals surface area contributed by atoms with Crippen molar-refractivity contribution in [3.05, 3.63) is 23.8 Å². The maximum atomic E-state index is 9.22. The molecule has 1 aromatic rings. The van der Waals surface area contributed by atoms with Gasteiger partial charge in [0.1, 0.15) is 11.4 Å². The molecule has 1 aliphatic rings. The van der Waals surface area contributed by atoms with Gasteiger partial charge in [0, 0.05) is 12.6 Å². The SMILES string of the molecule is Oc1cccc2c1N=CC2. The van der Waals surface area contributed by atoms with Crippen molar-refractivity contribution < 1.29 is 5.11 Å². The van der Waals surface area contributed by atoms with Crippen molar-refractivity contribution in [2.75, 3.05) is 0 Å². The Labute approximate surface area is 58.8 Å². The first kappa shape index (κ1) is 5.47. The van der Waals surface area contributed by atoms with Crippen LogP contribution >= 0.6 is 0 Å². The van der Waals surface area contributed by atoms with Gasteiger partial charge in [-0.15, -0.1) is 0 Å². The summed E-state index contributed by atoms with van der Waals surface area (Å²) in [6.07, 6.45) is 2.66. The van der Waals surface area contributed by atoms with Crippen molar-refractivity contribution in [3.63, 3.8) is 0 Å². The summed E-state index contributed by atoms with van der Waals surface area (Å²) >= 11 is 0. The summed E-state index contributed by atoms with van der Waals surface area (Å²) in [5.74, 6) is 0.284. The Hall–Kier alpha value is -1.31. The molecule has 50 valence electrons. The Morgan fingerprint density at radius 3 is 3.10 bits per heavy atom. The molecule has 1 heterocycles. The number of aliphatic imine (C=N–C) groups is 1. The minimum atomic E-state index is 0.284. The highest BCUT2D eigenvalue weighted by Gasteiger charge is 2.08. The number of benzene rings is 1. The van der Waals surface area contributed by atoms with E-state index in [1.165, 1.54) is 0 Å². The van der Waals surface area contributed by atoms with Gasteiger partial charge >= 0.3 is 0 Å². The van der Waals surface area contributed by atoms with Crippen LogP contribution < -0.4 is 0 Å². The molecule has 0 aromatic heterocycles. The van der Waals surface area contributed by atoms with Crippen molar-refractivity contribution in [2.45, 2.75) is 6.42 Å². The van der Waals surface area contributed by atoms with Crippen LogP contribution in [0, 0.1) is 0 Å². The van der Waals surface area contributed by atoms with Gasteiger partial charge in [-0.3, -0.25) is 4.99 Å². The highest BCUT2D eigenvalue weighted by Crippen LogP contribution is 2.32. The Kier molecular flexibility index (Phi) is 1.01. The van der Waals surface area contributed by atoms with Gasteiger partial charge in [-0.1, -0.05) is 12.1 Å². The Morgan fingerprint density at radius 1 is 1.40 bits per heavy atom. The van der Waals surface area contributed by atoms with Gasteiger partial charge in [0.15, 0.2) is 0 Å². The maximum absolute atomic E-state index is 9.22. The van der Waals surface area contributed by atoms with Crippen LogP contribution in [0.15, 0.2) is 23.2 Å². The van der Waals surface area contributed by atoms with Crippen LogP contribution in [0.5, 0.6) is 5.75 Å². The summed E-state index contributed by atoms with van der Waals surface area (Å²) in [4.78, 5) is 4.02. The van der Waals surface area contributed by atoms with Crippen LogP contribution in [-0.4, -0.2) is 11.3 Å². The molecule has 0 spiro atoms. The van der Waals surface area contributed by atoms with E-state index in [0.29, 0.717) is 0 Å².